The second-order valence-electron chi connectivity index (χ2n) is 4.68. The van der Waals surface area contributed by atoms with E-state index in [1.807, 2.05) is 37.3 Å². The minimum Gasteiger partial charge on any atom is -0.504 e. The molecule has 0 atom stereocenters. The van der Waals surface area contributed by atoms with Crippen LogP contribution in [0.1, 0.15) is 12.5 Å². The summed E-state index contributed by atoms with van der Waals surface area (Å²) in [5.74, 6) is 0.358. The van der Waals surface area contributed by atoms with Gasteiger partial charge < -0.3 is 14.7 Å². The van der Waals surface area contributed by atoms with E-state index in [1.54, 1.807) is 23.1 Å². The van der Waals surface area contributed by atoms with Crippen molar-refractivity contribution >= 4 is 17.7 Å². The molecule has 1 N–H and O–H groups in total. The molecule has 1 amide bonds. The standard InChI is InChI=1S/C18H19NO3/c1-3-19(15-7-5-4-6-8-15)18(21)12-10-14-9-11-16(20)17(13-14)22-2/h4-13,20H,3H2,1-2H3/b12-10+. The predicted octanol–water partition coefficient (Wildman–Crippen LogP) is 3.47. The maximum atomic E-state index is 12.3. The van der Waals surface area contributed by atoms with Gasteiger partial charge in [-0.2, -0.15) is 0 Å². The molecular weight excluding hydrogens is 278 g/mol. The van der Waals surface area contributed by atoms with Crippen LogP contribution < -0.4 is 9.64 Å². The Balaban J connectivity index is 2.16. The van der Waals surface area contributed by atoms with Crippen molar-refractivity contribution in [1.29, 1.82) is 0 Å². The molecule has 0 aliphatic heterocycles. The number of rotatable bonds is 5. The van der Waals surface area contributed by atoms with Crippen LogP contribution in [0.25, 0.3) is 6.08 Å². The maximum absolute atomic E-state index is 12.3. The minimum absolute atomic E-state index is 0.0745. The van der Waals surface area contributed by atoms with Crippen molar-refractivity contribution in [2.45, 2.75) is 6.92 Å². The van der Waals surface area contributed by atoms with Gasteiger partial charge in [0.1, 0.15) is 0 Å². The lowest BCUT2D eigenvalue weighted by Crippen LogP contribution is -2.28. The summed E-state index contributed by atoms with van der Waals surface area (Å²) < 4.78 is 5.05. The second kappa shape index (κ2) is 7.31. The zero-order valence-electron chi connectivity index (χ0n) is 12.7. The molecule has 2 aromatic rings. The van der Waals surface area contributed by atoms with E-state index in [4.69, 9.17) is 4.74 Å². The van der Waals surface area contributed by atoms with E-state index >= 15 is 0 Å². The number of anilines is 1. The first kappa shape index (κ1) is 15.6. The topological polar surface area (TPSA) is 49.8 Å². The minimum atomic E-state index is -0.0965. The van der Waals surface area contributed by atoms with Gasteiger partial charge in [0.15, 0.2) is 11.5 Å². The van der Waals surface area contributed by atoms with Crippen LogP contribution in [0.2, 0.25) is 0 Å². The van der Waals surface area contributed by atoms with E-state index in [1.165, 1.54) is 19.3 Å². The molecule has 0 spiro atoms. The van der Waals surface area contributed by atoms with Crippen molar-refractivity contribution in [3.63, 3.8) is 0 Å². The van der Waals surface area contributed by atoms with E-state index in [0.717, 1.165) is 11.3 Å². The first-order valence-corrected chi connectivity index (χ1v) is 7.07. The zero-order chi connectivity index (χ0) is 15.9. The number of phenols is 1. The summed E-state index contributed by atoms with van der Waals surface area (Å²) in [5, 5.41) is 9.56. The van der Waals surface area contributed by atoms with Crippen molar-refractivity contribution in [2.75, 3.05) is 18.6 Å². The molecule has 2 aromatic carbocycles. The average molecular weight is 297 g/mol. The lowest BCUT2D eigenvalue weighted by Gasteiger charge is -2.19. The van der Waals surface area contributed by atoms with Crippen molar-refractivity contribution in [1.82, 2.24) is 0 Å². The van der Waals surface area contributed by atoms with Gasteiger partial charge in [-0.05, 0) is 42.8 Å². The van der Waals surface area contributed by atoms with Crippen LogP contribution in [0, 0.1) is 0 Å². The van der Waals surface area contributed by atoms with Crippen molar-refractivity contribution in [3.8, 4) is 11.5 Å². The van der Waals surface area contributed by atoms with Crippen LogP contribution in [-0.4, -0.2) is 24.7 Å². The Morgan fingerprint density at radius 1 is 1.23 bits per heavy atom. The number of amides is 1. The molecule has 2 rings (SSSR count). The largest absolute Gasteiger partial charge is 0.504 e. The lowest BCUT2D eigenvalue weighted by atomic mass is 10.2. The fraction of sp³-hybridized carbons (Fsp3) is 0.167. The van der Waals surface area contributed by atoms with Gasteiger partial charge in [0, 0.05) is 18.3 Å². The summed E-state index contributed by atoms with van der Waals surface area (Å²) in [5.41, 5.74) is 1.65. The van der Waals surface area contributed by atoms with E-state index in [2.05, 4.69) is 0 Å². The number of nitrogens with zero attached hydrogens (tertiary/aromatic N) is 1. The molecule has 0 heterocycles. The van der Waals surface area contributed by atoms with Crippen LogP contribution in [0.4, 0.5) is 5.69 Å². The van der Waals surface area contributed by atoms with Gasteiger partial charge in [-0.15, -0.1) is 0 Å². The Labute approximate surface area is 130 Å². The Kier molecular flexibility index (Phi) is 5.20. The molecule has 0 fully saturated rings. The number of methoxy groups -OCH3 is 1. The van der Waals surface area contributed by atoms with Gasteiger partial charge in [0.05, 0.1) is 7.11 Å². The number of carbonyl (C=O) groups is 1. The van der Waals surface area contributed by atoms with Gasteiger partial charge >= 0.3 is 0 Å². The van der Waals surface area contributed by atoms with Crippen LogP contribution in [-0.2, 0) is 4.79 Å². The van der Waals surface area contributed by atoms with Crippen LogP contribution in [0.3, 0.4) is 0 Å². The number of benzene rings is 2. The molecule has 0 saturated carbocycles. The summed E-state index contributed by atoms with van der Waals surface area (Å²) in [6, 6.07) is 14.5. The Morgan fingerprint density at radius 2 is 1.95 bits per heavy atom. The van der Waals surface area contributed by atoms with Gasteiger partial charge in [-0.25, -0.2) is 0 Å². The Hall–Kier alpha value is -2.75. The first-order valence-electron chi connectivity index (χ1n) is 7.07. The molecule has 0 radical (unpaired) electrons. The SMILES string of the molecule is CCN(C(=O)/C=C/c1ccc(O)c(OC)c1)c1ccccc1. The summed E-state index contributed by atoms with van der Waals surface area (Å²) in [6.07, 6.45) is 3.22. The third-order valence-electron chi connectivity index (χ3n) is 3.27. The highest BCUT2D eigenvalue weighted by Crippen LogP contribution is 2.26. The first-order chi connectivity index (χ1) is 10.7. The van der Waals surface area contributed by atoms with E-state index in [-0.39, 0.29) is 11.7 Å². The molecule has 0 bridgehead atoms. The van der Waals surface area contributed by atoms with Crippen molar-refractivity contribution < 1.29 is 14.6 Å². The van der Waals surface area contributed by atoms with E-state index in [0.29, 0.717) is 12.3 Å². The molecule has 0 saturated heterocycles. The van der Waals surface area contributed by atoms with Crippen LogP contribution >= 0.6 is 0 Å². The Morgan fingerprint density at radius 3 is 2.59 bits per heavy atom. The predicted molar refractivity (Wildman–Crippen MR) is 88.2 cm³/mol. The van der Waals surface area contributed by atoms with Crippen molar-refractivity contribution in [3.05, 3.63) is 60.2 Å². The highest BCUT2D eigenvalue weighted by molar-refractivity contribution is 6.03. The molecule has 0 aromatic heterocycles. The lowest BCUT2D eigenvalue weighted by molar-refractivity contribution is -0.114. The van der Waals surface area contributed by atoms with Crippen molar-refractivity contribution in [2.24, 2.45) is 0 Å². The molecule has 0 aliphatic carbocycles. The third kappa shape index (κ3) is 3.67. The molecule has 4 heteroatoms. The van der Waals surface area contributed by atoms with E-state index < -0.39 is 0 Å². The molecule has 0 unspecified atom stereocenters. The number of phenolic OH excluding ortho intramolecular Hbond substituents is 1. The molecule has 114 valence electrons. The summed E-state index contributed by atoms with van der Waals surface area (Å²) in [4.78, 5) is 14.0. The highest BCUT2D eigenvalue weighted by Gasteiger charge is 2.10. The number of para-hydroxylation sites is 1. The number of aromatic hydroxyl groups is 1. The summed E-state index contributed by atoms with van der Waals surface area (Å²) in [6.45, 7) is 2.52. The molecule has 4 nitrogen and oxygen atoms in total. The van der Waals surface area contributed by atoms with Gasteiger partial charge in [0.25, 0.3) is 5.91 Å². The van der Waals surface area contributed by atoms with Gasteiger partial charge in [-0.1, -0.05) is 24.3 Å². The smallest absolute Gasteiger partial charge is 0.250 e. The van der Waals surface area contributed by atoms with E-state index in [9.17, 15) is 9.90 Å². The molecule has 22 heavy (non-hydrogen) atoms. The van der Waals surface area contributed by atoms with Crippen LogP contribution in [0.5, 0.6) is 11.5 Å². The van der Waals surface area contributed by atoms with Gasteiger partial charge in [0.2, 0.25) is 0 Å². The Bertz CT molecular complexity index is 665. The van der Waals surface area contributed by atoms with Crippen LogP contribution in [0.15, 0.2) is 54.6 Å². The third-order valence-corrected chi connectivity index (χ3v) is 3.27. The summed E-state index contributed by atoms with van der Waals surface area (Å²) >= 11 is 0. The number of likely N-dealkylation sites (N-methyl/N-ethyl adjacent to an activating group) is 1. The zero-order valence-corrected chi connectivity index (χ0v) is 12.7. The number of carbonyl (C=O) groups excluding carboxylic acids is 1. The maximum Gasteiger partial charge on any atom is 0.250 e. The molecular formula is C18H19NO3. The molecule has 0 aliphatic rings. The quantitative estimate of drug-likeness (QED) is 0.860. The van der Waals surface area contributed by atoms with Gasteiger partial charge in [-0.3, -0.25) is 4.79 Å². The fourth-order valence-electron chi connectivity index (χ4n) is 2.13. The number of ether oxygens (including phenoxy) is 1. The summed E-state index contributed by atoms with van der Waals surface area (Å²) in [7, 11) is 1.49. The number of hydrogen-bond acceptors (Lipinski definition) is 3. The normalized spacial score (nSPS) is 10.6. The fourth-order valence-corrected chi connectivity index (χ4v) is 2.13. The second-order valence-corrected chi connectivity index (χ2v) is 4.68. The monoisotopic (exact) mass is 297 g/mol. The number of hydrogen-bond donors (Lipinski definition) is 1. The highest BCUT2D eigenvalue weighted by atomic mass is 16.5. The average Bonchev–Trinajstić information content (AvgIpc) is 2.55.